The molecule has 2 aromatic rings. The summed E-state index contributed by atoms with van der Waals surface area (Å²) >= 11 is 0. The molecule has 142 valence electrons. The molecule has 0 radical (unpaired) electrons. The SMILES string of the molecule is CC1(CC2=Cc3c(cccc3-c3ccccc3C(C)(C)C)C2)COCOC1. The Labute approximate surface area is 163 Å². The second kappa shape index (κ2) is 6.92. The van der Waals surface area contributed by atoms with Gasteiger partial charge in [0.15, 0.2) is 0 Å². The monoisotopic (exact) mass is 362 g/mol. The van der Waals surface area contributed by atoms with Crippen molar-refractivity contribution in [2.24, 2.45) is 5.41 Å². The molecule has 1 fully saturated rings. The molecule has 2 nitrogen and oxygen atoms in total. The molecule has 1 aliphatic heterocycles. The summed E-state index contributed by atoms with van der Waals surface area (Å²) in [5.74, 6) is 0. The fourth-order valence-electron chi connectivity index (χ4n) is 4.48. The van der Waals surface area contributed by atoms with Crippen molar-refractivity contribution in [3.63, 3.8) is 0 Å². The molecule has 0 N–H and O–H groups in total. The van der Waals surface area contributed by atoms with Crippen LogP contribution in [0.4, 0.5) is 0 Å². The van der Waals surface area contributed by atoms with Crippen LogP contribution in [-0.2, 0) is 21.3 Å². The van der Waals surface area contributed by atoms with E-state index in [9.17, 15) is 0 Å². The van der Waals surface area contributed by atoms with Crippen molar-refractivity contribution in [3.8, 4) is 11.1 Å². The highest BCUT2D eigenvalue weighted by molar-refractivity contribution is 5.82. The summed E-state index contributed by atoms with van der Waals surface area (Å²) in [5, 5.41) is 0. The van der Waals surface area contributed by atoms with Gasteiger partial charge in [0.2, 0.25) is 0 Å². The van der Waals surface area contributed by atoms with Gasteiger partial charge in [-0.2, -0.15) is 0 Å². The molecule has 0 atom stereocenters. The first-order valence-electron chi connectivity index (χ1n) is 9.92. The molecule has 2 aromatic carbocycles. The fourth-order valence-corrected chi connectivity index (χ4v) is 4.48. The Morgan fingerprint density at radius 3 is 2.37 bits per heavy atom. The van der Waals surface area contributed by atoms with Gasteiger partial charge in [-0.25, -0.2) is 0 Å². The first kappa shape index (κ1) is 18.5. The van der Waals surface area contributed by atoms with Crippen LogP contribution in [0.3, 0.4) is 0 Å². The van der Waals surface area contributed by atoms with Crippen LogP contribution in [0, 0.1) is 5.41 Å². The molecule has 1 saturated heterocycles. The van der Waals surface area contributed by atoms with Gasteiger partial charge < -0.3 is 9.47 Å². The summed E-state index contributed by atoms with van der Waals surface area (Å²) < 4.78 is 11.1. The molecule has 0 saturated carbocycles. The minimum Gasteiger partial charge on any atom is -0.355 e. The third-order valence-electron chi connectivity index (χ3n) is 5.71. The lowest BCUT2D eigenvalue weighted by atomic mass is 9.81. The van der Waals surface area contributed by atoms with E-state index < -0.39 is 0 Å². The van der Waals surface area contributed by atoms with E-state index in [1.54, 1.807) is 0 Å². The van der Waals surface area contributed by atoms with Crippen molar-refractivity contribution in [1.82, 2.24) is 0 Å². The van der Waals surface area contributed by atoms with Crippen LogP contribution in [0.5, 0.6) is 0 Å². The highest BCUT2D eigenvalue weighted by atomic mass is 16.7. The average molecular weight is 363 g/mol. The zero-order valence-corrected chi connectivity index (χ0v) is 17.0. The van der Waals surface area contributed by atoms with Crippen LogP contribution in [0.15, 0.2) is 48.0 Å². The number of ether oxygens (including phenoxy) is 2. The lowest BCUT2D eigenvalue weighted by molar-refractivity contribution is -0.158. The molecular formula is C25H30O2. The zero-order chi connectivity index (χ0) is 19.1. The fraction of sp³-hybridized carbons (Fsp3) is 0.440. The Morgan fingerprint density at radius 1 is 0.926 bits per heavy atom. The van der Waals surface area contributed by atoms with E-state index in [-0.39, 0.29) is 10.8 Å². The van der Waals surface area contributed by atoms with E-state index in [1.807, 2.05) is 0 Å². The maximum absolute atomic E-state index is 5.57. The van der Waals surface area contributed by atoms with E-state index in [2.05, 4.69) is 76.2 Å². The molecule has 0 amide bonds. The Bertz CT molecular complexity index is 864. The third-order valence-corrected chi connectivity index (χ3v) is 5.71. The predicted molar refractivity (Wildman–Crippen MR) is 112 cm³/mol. The normalized spacial score (nSPS) is 18.9. The summed E-state index contributed by atoms with van der Waals surface area (Å²) in [5.41, 5.74) is 8.63. The summed E-state index contributed by atoms with van der Waals surface area (Å²) in [6.07, 6.45) is 4.49. The largest absolute Gasteiger partial charge is 0.355 e. The zero-order valence-electron chi connectivity index (χ0n) is 17.0. The molecule has 4 rings (SSSR count). The van der Waals surface area contributed by atoms with Gasteiger partial charge >= 0.3 is 0 Å². The molecule has 2 heteroatoms. The van der Waals surface area contributed by atoms with Crippen molar-refractivity contribution >= 4 is 6.08 Å². The van der Waals surface area contributed by atoms with Gasteiger partial charge in [0.05, 0.1) is 13.2 Å². The minimum atomic E-state index is 0.0790. The van der Waals surface area contributed by atoms with E-state index in [0.717, 1.165) is 26.1 Å². The van der Waals surface area contributed by atoms with Crippen molar-refractivity contribution in [2.75, 3.05) is 20.0 Å². The Kier molecular flexibility index (Phi) is 4.73. The first-order valence-corrected chi connectivity index (χ1v) is 9.92. The van der Waals surface area contributed by atoms with Crippen molar-refractivity contribution < 1.29 is 9.47 Å². The molecule has 0 spiro atoms. The lowest BCUT2D eigenvalue weighted by Crippen LogP contribution is -2.35. The highest BCUT2D eigenvalue weighted by Gasteiger charge is 2.31. The number of hydrogen-bond donors (Lipinski definition) is 0. The quantitative estimate of drug-likeness (QED) is 0.667. The molecule has 0 unspecified atom stereocenters. The van der Waals surface area contributed by atoms with Crippen LogP contribution in [0.25, 0.3) is 17.2 Å². The number of fused-ring (bicyclic) bond motifs is 1. The molecular weight excluding hydrogens is 332 g/mol. The molecule has 0 aromatic heterocycles. The van der Waals surface area contributed by atoms with Gasteiger partial charge in [-0.1, -0.05) is 81.8 Å². The van der Waals surface area contributed by atoms with E-state index in [4.69, 9.17) is 9.47 Å². The van der Waals surface area contributed by atoms with Crippen LogP contribution >= 0.6 is 0 Å². The highest BCUT2D eigenvalue weighted by Crippen LogP contribution is 2.41. The first-order chi connectivity index (χ1) is 12.9. The minimum absolute atomic E-state index is 0.0790. The maximum Gasteiger partial charge on any atom is 0.146 e. The molecule has 27 heavy (non-hydrogen) atoms. The van der Waals surface area contributed by atoms with Crippen LogP contribution in [0.1, 0.15) is 50.8 Å². The smallest absolute Gasteiger partial charge is 0.146 e. The van der Waals surface area contributed by atoms with Gasteiger partial charge in [-0.3, -0.25) is 0 Å². The molecule has 0 bridgehead atoms. The van der Waals surface area contributed by atoms with Crippen molar-refractivity contribution in [1.29, 1.82) is 0 Å². The van der Waals surface area contributed by atoms with E-state index in [1.165, 1.54) is 33.4 Å². The van der Waals surface area contributed by atoms with Crippen molar-refractivity contribution in [3.05, 3.63) is 64.7 Å². The lowest BCUT2D eigenvalue weighted by Gasteiger charge is -2.33. The second-order valence-corrected chi connectivity index (χ2v) is 9.46. The summed E-state index contributed by atoms with van der Waals surface area (Å²) in [6.45, 7) is 11.1. The number of hydrogen-bond acceptors (Lipinski definition) is 2. The van der Waals surface area contributed by atoms with Gasteiger partial charge in [0.25, 0.3) is 0 Å². The standard InChI is InChI=1S/C25H30O2/c1-24(2,3)23-11-6-5-9-21(23)20-10-7-8-19-12-18(13-22(19)20)14-25(4)15-26-17-27-16-25/h5-11,13H,12,14-17H2,1-4H3. The summed E-state index contributed by atoms with van der Waals surface area (Å²) in [7, 11) is 0. The maximum atomic E-state index is 5.57. The van der Waals surface area contributed by atoms with E-state index in [0.29, 0.717) is 6.79 Å². The summed E-state index contributed by atoms with van der Waals surface area (Å²) in [6, 6.07) is 15.6. The van der Waals surface area contributed by atoms with Gasteiger partial charge in [0.1, 0.15) is 6.79 Å². The third kappa shape index (κ3) is 3.74. The van der Waals surface area contributed by atoms with Crippen molar-refractivity contribution in [2.45, 2.75) is 46.0 Å². The Hall–Kier alpha value is -1.90. The molecule has 1 heterocycles. The van der Waals surface area contributed by atoms with Crippen LogP contribution in [0.2, 0.25) is 0 Å². The predicted octanol–water partition coefficient (Wildman–Crippen LogP) is 5.99. The van der Waals surface area contributed by atoms with Gasteiger partial charge in [-0.15, -0.1) is 0 Å². The topological polar surface area (TPSA) is 18.5 Å². The van der Waals surface area contributed by atoms with Gasteiger partial charge in [-0.05, 0) is 46.1 Å². The average Bonchev–Trinajstić information content (AvgIpc) is 3.03. The van der Waals surface area contributed by atoms with Crippen LogP contribution < -0.4 is 0 Å². The second-order valence-electron chi connectivity index (χ2n) is 9.46. The van der Waals surface area contributed by atoms with Gasteiger partial charge in [0, 0.05) is 5.41 Å². The number of benzene rings is 2. The Balaban J connectivity index is 1.71. The molecule has 1 aliphatic carbocycles. The number of rotatable bonds is 3. The van der Waals surface area contributed by atoms with E-state index >= 15 is 0 Å². The Morgan fingerprint density at radius 2 is 1.63 bits per heavy atom. The summed E-state index contributed by atoms with van der Waals surface area (Å²) in [4.78, 5) is 0. The van der Waals surface area contributed by atoms with Crippen LogP contribution in [-0.4, -0.2) is 20.0 Å². The molecule has 2 aliphatic rings. The number of allylic oxidation sites excluding steroid dienone is 1.